The van der Waals surface area contributed by atoms with Crippen LogP contribution in [0.15, 0.2) is 40.9 Å². The zero-order valence-electron chi connectivity index (χ0n) is 9.67. The van der Waals surface area contributed by atoms with Gasteiger partial charge in [0.05, 0.1) is 12.3 Å². The van der Waals surface area contributed by atoms with Gasteiger partial charge in [-0.05, 0) is 0 Å². The number of aromatic nitrogens is 1. The zero-order valence-corrected chi connectivity index (χ0v) is 10.5. The van der Waals surface area contributed by atoms with Crippen LogP contribution in [0.3, 0.4) is 0 Å². The van der Waals surface area contributed by atoms with E-state index in [1.54, 1.807) is 11.8 Å². The molecule has 3 nitrogen and oxygen atoms in total. The normalized spacial score (nSPS) is 12.6. The van der Waals surface area contributed by atoms with Crippen LogP contribution in [0.25, 0.3) is 11.3 Å². The predicted octanol–water partition coefficient (Wildman–Crippen LogP) is 2.96. The molecule has 0 aliphatic heterocycles. The van der Waals surface area contributed by atoms with Crippen molar-refractivity contribution < 1.29 is 9.63 Å². The first-order valence-electron chi connectivity index (χ1n) is 5.53. The molecule has 17 heavy (non-hydrogen) atoms. The summed E-state index contributed by atoms with van der Waals surface area (Å²) in [5, 5.41) is 13.2. The maximum atomic E-state index is 8.93. The van der Waals surface area contributed by atoms with Gasteiger partial charge in [0.15, 0.2) is 5.76 Å². The standard InChI is InChI=1S/C13H15NO2S/c1-10(8-15)17-9-12-7-13(16-14-12)11-5-3-2-4-6-11/h2-7,10,15H,8-9H2,1H3. The van der Waals surface area contributed by atoms with Gasteiger partial charge in [-0.15, -0.1) is 11.8 Å². The number of thioether (sulfide) groups is 1. The lowest BCUT2D eigenvalue weighted by atomic mass is 10.2. The molecule has 0 aliphatic rings. The molecule has 0 amide bonds. The van der Waals surface area contributed by atoms with Gasteiger partial charge < -0.3 is 9.63 Å². The van der Waals surface area contributed by atoms with Crippen molar-refractivity contribution in [3.63, 3.8) is 0 Å². The van der Waals surface area contributed by atoms with Gasteiger partial charge in [0.25, 0.3) is 0 Å². The first kappa shape index (κ1) is 12.2. The highest BCUT2D eigenvalue weighted by Crippen LogP contribution is 2.23. The highest BCUT2D eigenvalue weighted by atomic mass is 32.2. The van der Waals surface area contributed by atoms with Gasteiger partial charge in [0.2, 0.25) is 0 Å². The van der Waals surface area contributed by atoms with E-state index < -0.39 is 0 Å². The Bertz CT molecular complexity index is 455. The van der Waals surface area contributed by atoms with Crippen molar-refractivity contribution in [1.29, 1.82) is 0 Å². The van der Waals surface area contributed by atoms with Crippen molar-refractivity contribution in [1.82, 2.24) is 5.16 Å². The monoisotopic (exact) mass is 249 g/mol. The van der Waals surface area contributed by atoms with E-state index in [0.29, 0.717) is 0 Å². The maximum Gasteiger partial charge on any atom is 0.167 e. The molecule has 1 unspecified atom stereocenters. The van der Waals surface area contributed by atoms with Crippen molar-refractivity contribution in [3.8, 4) is 11.3 Å². The molecule has 0 saturated heterocycles. The summed E-state index contributed by atoms with van der Waals surface area (Å²) in [4.78, 5) is 0. The number of rotatable bonds is 5. The molecule has 0 radical (unpaired) electrons. The van der Waals surface area contributed by atoms with Crippen molar-refractivity contribution >= 4 is 11.8 Å². The van der Waals surface area contributed by atoms with Crippen LogP contribution in [0.4, 0.5) is 0 Å². The maximum absolute atomic E-state index is 8.93. The number of benzene rings is 1. The second-order valence-electron chi connectivity index (χ2n) is 3.85. The Balaban J connectivity index is 2.01. The Morgan fingerprint density at radius 1 is 1.35 bits per heavy atom. The molecule has 2 aromatic rings. The third kappa shape index (κ3) is 3.35. The van der Waals surface area contributed by atoms with Crippen LogP contribution < -0.4 is 0 Å². The topological polar surface area (TPSA) is 46.3 Å². The molecule has 1 N–H and O–H groups in total. The summed E-state index contributed by atoms with van der Waals surface area (Å²) in [7, 11) is 0. The summed E-state index contributed by atoms with van der Waals surface area (Å²) in [5.74, 6) is 1.55. The lowest BCUT2D eigenvalue weighted by Crippen LogP contribution is -2.02. The van der Waals surface area contributed by atoms with Crippen LogP contribution in [-0.4, -0.2) is 22.1 Å². The average molecular weight is 249 g/mol. The second-order valence-corrected chi connectivity index (χ2v) is 5.28. The third-order valence-electron chi connectivity index (χ3n) is 2.39. The zero-order chi connectivity index (χ0) is 12.1. The molecular weight excluding hydrogens is 234 g/mol. The molecule has 90 valence electrons. The predicted molar refractivity (Wildman–Crippen MR) is 69.8 cm³/mol. The van der Waals surface area contributed by atoms with Gasteiger partial charge in [0.1, 0.15) is 0 Å². The quantitative estimate of drug-likeness (QED) is 0.885. The van der Waals surface area contributed by atoms with Crippen molar-refractivity contribution in [2.45, 2.75) is 17.9 Å². The fourth-order valence-electron chi connectivity index (χ4n) is 1.40. The van der Waals surface area contributed by atoms with E-state index in [0.717, 1.165) is 22.8 Å². The van der Waals surface area contributed by atoms with E-state index in [9.17, 15) is 0 Å². The lowest BCUT2D eigenvalue weighted by molar-refractivity contribution is 0.300. The Hall–Kier alpha value is -1.26. The Labute approximate surface area is 105 Å². The van der Waals surface area contributed by atoms with Crippen molar-refractivity contribution in [3.05, 3.63) is 42.1 Å². The number of hydrogen-bond donors (Lipinski definition) is 1. The van der Waals surface area contributed by atoms with E-state index in [4.69, 9.17) is 9.63 Å². The van der Waals surface area contributed by atoms with Crippen LogP contribution in [-0.2, 0) is 5.75 Å². The third-order valence-corrected chi connectivity index (χ3v) is 3.57. The van der Waals surface area contributed by atoms with E-state index >= 15 is 0 Å². The van der Waals surface area contributed by atoms with Crippen LogP contribution in [0, 0.1) is 0 Å². The Morgan fingerprint density at radius 3 is 2.82 bits per heavy atom. The molecule has 4 heteroatoms. The molecule has 0 saturated carbocycles. The molecule has 2 rings (SSSR count). The molecule has 0 bridgehead atoms. The second kappa shape index (κ2) is 5.89. The average Bonchev–Trinajstić information content (AvgIpc) is 2.86. The van der Waals surface area contributed by atoms with E-state index in [1.165, 1.54) is 0 Å². The van der Waals surface area contributed by atoms with Crippen molar-refractivity contribution in [2.24, 2.45) is 0 Å². The van der Waals surface area contributed by atoms with Crippen LogP contribution in [0.2, 0.25) is 0 Å². The van der Waals surface area contributed by atoms with E-state index in [2.05, 4.69) is 5.16 Å². The smallest absolute Gasteiger partial charge is 0.167 e. The minimum Gasteiger partial charge on any atom is -0.395 e. The number of aliphatic hydroxyl groups is 1. The summed E-state index contributed by atoms with van der Waals surface area (Å²) in [6.07, 6.45) is 0. The van der Waals surface area contributed by atoms with Crippen LogP contribution in [0.5, 0.6) is 0 Å². The van der Waals surface area contributed by atoms with Gasteiger partial charge in [-0.1, -0.05) is 42.4 Å². The number of nitrogens with zero attached hydrogens (tertiary/aromatic N) is 1. The molecule has 0 spiro atoms. The SMILES string of the molecule is CC(CO)SCc1cc(-c2ccccc2)on1. The molecule has 0 aliphatic carbocycles. The number of hydrogen-bond acceptors (Lipinski definition) is 4. The van der Waals surface area contributed by atoms with Crippen LogP contribution >= 0.6 is 11.8 Å². The summed E-state index contributed by atoms with van der Waals surface area (Å²) in [6, 6.07) is 11.9. The van der Waals surface area contributed by atoms with E-state index in [-0.39, 0.29) is 11.9 Å². The Kier molecular flexibility index (Phi) is 4.23. The van der Waals surface area contributed by atoms with Gasteiger partial charge in [0, 0.05) is 22.6 Å². The molecule has 1 aromatic heterocycles. The fraction of sp³-hybridized carbons (Fsp3) is 0.308. The molecule has 1 aromatic carbocycles. The first-order chi connectivity index (χ1) is 8.29. The van der Waals surface area contributed by atoms with Gasteiger partial charge in [-0.25, -0.2) is 0 Å². The fourth-order valence-corrected chi connectivity index (χ4v) is 2.10. The van der Waals surface area contributed by atoms with Crippen molar-refractivity contribution in [2.75, 3.05) is 6.61 Å². The minimum absolute atomic E-state index is 0.189. The summed E-state index contributed by atoms with van der Waals surface area (Å²) >= 11 is 1.67. The number of aliphatic hydroxyl groups excluding tert-OH is 1. The summed E-state index contributed by atoms with van der Waals surface area (Å²) in [6.45, 7) is 2.18. The first-order valence-corrected chi connectivity index (χ1v) is 6.58. The van der Waals surface area contributed by atoms with Crippen LogP contribution in [0.1, 0.15) is 12.6 Å². The van der Waals surface area contributed by atoms with Gasteiger partial charge in [-0.3, -0.25) is 0 Å². The summed E-state index contributed by atoms with van der Waals surface area (Å²) in [5.41, 5.74) is 1.95. The lowest BCUT2D eigenvalue weighted by Gasteiger charge is -2.03. The highest BCUT2D eigenvalue weighted by Gasteiger charge is 2.08. The van der Waals surface area contributed by atoms with Gasteiger partial charge in [-0.2, -0.15) is 0 Å². The summed E-state index contributed by atoms with van der Waals surface area (Å²) < 4.78 is 5.29. The molecule has 1 heterocycles. The Morgan fingerprint density at radius 2 is 2.12 bits per heavy atom. The highest BCUT2D eigenvalue weighted by molar-refractivity contribution is 7.99. The molecule has 0 fully saturated rings. The van der Waals surface area contributed by atoms with E-state index in [1.807, 2.05) is 43.3 Å². The molecular formula is C13H15NO2S. The largest absolute Gasteiger partial charge is 0.395 e. The minimum atomic E-state index is 0.189. The molecule has 1 atom stereocenters. The van der Waals surface area contributed by atoms with Gasteiger partial charge >= 0.3 is 0 Å².